The van der Waals surface area contributed by atoms with E-state index in [1.807, 2.05) is 6.92 Å². The Hall–Kier alpha value is -0.850. The molecule has 1 fully saturated rings. The molecule has 0 unspecified atom stereocenters. The first-order chi connectivity index (χ1) is 8.62. The van der Waals surface area contributed by atoms with E-state index in [4.69, 9.17) is 22.3 Å². The summed E-state index contributed by atoms with van der Waals surface area (Å²) < 4.78 is 35.9. The van der Waals surface area contributed by atoms with Gasteiger partial charge in [0.1, 0.15) is 5.82 Å². The van der Waals surface area contributed by atoms with Crippen LogP contribution in [-0.4, -0.2) is 19.9 Å². The van der Waals surface area contributed by atoms with Gasteiger partial charge in [-0.05, 0) is 31.9 Å². The number of carbonyl (C=O) groups is 1. The van der Waals surface area contributed by atoms with E-state index < -0.39 is 30.7 Å². The molecule has 1 amide bonds. The molecule has 104 valence electrons. The Morgan fingerprint density at radius 1 is 1.42 bits per heavy atom. The van der Waals surface area contributed by atoms with E-state index in [1.54, 1.807) is 0 Å². The molecule has 0 heterocycles. The normalized spacial score (nSPS) is 17.1. The summed E-state index contributed by atoms with van der Waals surface area (Å²) >= 11 is 5.69. The van der Waals surface area contributed by atoms with Gasteiger partial charge in [-0.1, -0.05) is 11.6 Å². The van der Waals surface area contributed by atoms with Crippen molar-refractivity contribution in [1.82, 2.24) is 5.32 Å². The van der Waals surface area contributed by atoms with Gasteiger partial charge in [-0.15, -0.1) is 0 Å². The zero-order chi connectivity index (χ0) is 14.4. The Morgan fingerprint density at radius 2 is 2.00 bits per heavy atom. The van der Waals surface area contributed by atoms with E-state index in [9.17, 15) is 17.6 Å². The minimum Gasteiger partial charge on any atom is -0.347 e. The van der Waals surface area contributed by atoms with Gasteiger partial charge in [-0.3, -0.25) is 4.79 Å². The number of rotatable bonds is 3. The molecular formula is C11H10Cl2FNO3S. The first kappa shape index (κ1) is 14.6. The van der Waals surface area contributed by atoms with Crippen molar-refractivity contribution in [2.24, 2.45) is 0 Å². The second-order valence-corrected chi connectivity index (χ2v) is 7.66. The van der Waals surface area contributed by atoms with Crippen LogP contribution in [0.15, 0.2) is 17.0 Å². The van der Waals surface area contributed by atoms with E-state index >= 15 is 0 Å². The maximum atomic E-state index is 13.5. The number of amides is 1. The number of carbonyl (C=O) groups excluding carboxylic acids is 1. The lowest BCUT2D eigenvalue weighted by atomic mass is 10.2. The van der Waals surface area contributed by atoms with Gasteiger partial charge in [-0.2, -0.15) is 0 Å². The lowest BCUT2D eigenvalue weighted by molar-refractivity contribution is 0.0935. The van der Waals surface area contributed by atoms with Crippen LogP contribution in [0.2, 0.25) is 5.02 Å². The van der Waals surface area contributed by atoms with Crippen molar-refractivity contribution >= 4 is 37.2 Å². The molecule has 4 nitrogen and oxygen atoms in total. The summed E-state index contributed by atoms with van der Waals surface area (Å²) in [6.45, 7) is 1.83. The zero-order valence-electron chi connectivity index (χ0n) is 9.84. The van der Waals surface area contributed by atoms with Gasteiger partial charge in [0.25, 0.3) is 15.0 Å². The van der Waals surface area contributed by atoms with Gasteiger partial charge in [-0.25, -0.2) is 12.8 Å². The maximum Gasteiger partial charge on any atom is 0.261 e. The van der Waals surface area contributed by atoms with E-state index in [2.05, 4.69) is 5.32 Å². The highest BCUT2D eigenvalue weighted by Crippen LogP contribution is 2.35. The summed E-state index contributed by atoms with van der Waals surface area (Å²) in [5.41, 5.74) is -0.568. The molecule has 0 spiro atoms. The first-order valence-corrected chi connectivity index (χ1v) is 8.07. The Bertz CT molecular complexity index is 656. The molecule has 0 atom stereocenters. The second-order valence-electron chi connectivity index (χ2n) is 4.72. The highest BCUT2D eigenvalue weighted by molar-refractivity contribution is 8.13. The summed E-state index contributed by atoms with van der Waals surface area (Å²) in [6.07, 6.45) is 1.62. The SMILES string of the molecule is CC1(NC(=O)c2cc(S(=O)(=O)Cl)cc(F)c2Cl)CC1. The number of benzene rings is 1. The topological polar surface area (TPSA) is 63.2 Å². The van der Waals surface area contributed by atoms with Gasteiger partial charge in [0, 0.05) is 16.2 Å². The Kier molecular flexibility index (Phi) is 3.53. The molecule has 1 aliphatic carbocycles. The number of hydrogen-bond donors (Lipinski definition) is 1. The van der Waals surface area contributed by atoms with E-state index in [-0.39, 0.29) is 11.1 Å². The average Bonchev–Trinajstić information content (AvgIpc) is 2.98. The van der Waals surface area contributed by atoms with Gasteiger partial charge in [0.15, 0.2) is 0 Å². The van der Waals surface area contributed by atoms with Crippen molar-refractivity contribution in [1.29, 1.82) is 0 Å². The number of hydrogen-bond acceptors (Lipinski definition) is 3. The fraction of sp³-hybridized carbons (Fsp3) is 0.364. The van der Waals surface area contributed by atoms with Crippen LogP contribution in [-0.2, 0) is 9.05 Å². The van der Waals surface area contributed by atoms with Crippen molar-refractivity contribution in [2.75, 3.05) is 0 Å². The largest absolute Gasteiger partial charge is 0.347 e. The van der Waals surface area contributed by atoms with Gasteiger partial charge in [0.2, 0.25) is 0 Å². The van der Waals surface area contributed by atoms with Crippen LogP contribution in [0.25, 0.3) is 0 Å². The highest BCUT2D eigenvalue weighted by Gasteiger charge is 2.39. The lowest BCUT2D eigenvalue weighted by Crippen LogP contribution is -2.34. The van der Waals surface area contributed by atoms with Gasteiger partial charge in [0.05, 0.1) is 15.5 Å². The van der Waals surface area contributed by atoms with Crippen molar-refractivity contribution in [3.63, 3.8) is 0 Å². The van der Waals surface area contributed by atoms with Gasteiger partial charge >= 0.3 is 0 Å². The summed E-state index contributed by atoms with van der Waals surface area (Å²) in [5.74, 6) is -1.62. The molecule has 0 aromatic heterocycles. The van der Waals surface area contributed by atoms with Crippen LogP contribution in [0, 0.1) is 5.82 Å². The molecule has 0 aliphatic heterocycles. The smallest absolute Gasteiger partial charge is 0.261 e. The zero-order valence-corrected chi connectivity index (χ0v) is 12.2. The van der Waals surface area contributed by atoms with E-state index in [0.717, 1.165) is 18.9 Å². The predicted octanol–water partition coefficient (Wildman–Crippen LogP) is 2.69. The maximum absolute atomic E-state index is 13.5. The average molecular weight is 326 g/mol. The van der Waals surface area contributed by atoms with Gasteiger partial charge < -0.3 is 5.32 Å². The Morgan fingerprint density at radius 3 is 2.47 bits per heavy atom. The third kappa shape index (κ3) is 3.19. The minimum atomic E-state index is -4.13. The Balaban J connectivity index is 2.44. The van der Waals surface area contributed by atoms with Crippen LogP contribution < -0.4 is 5.32 Å². The third-order valence-corrected chi connectivity index (χ3v) is 4.66. The van der Waals surface area contributed by atoms with Crippen LogP contribution in [0.3, 0.4) is 0 Å². The Labute approximate surface area is 119 Å². The van der Waals surface area contributed by atoms with Crippen LogP contribution in [0.1, 0.15) is 30.1 Å². The van der Waals surface area contributed by atoms with Crippen molar-refractivity contribution in [2.45, 2.75) is 30.2 Å². The molecule has 1 aromatic carbocycles. The highest BCUT2D eigenvalue weighted by atomic mass is 35.7. The number of nitrogens with one attached hydrogen (secondary N) is 1. The first-order valence-electron chi connectivity index (χ1n) is 5.39. The molecule has 1 aliphatic rings. The molecule has 8 heteroatoms. The fourth-order valence-electron chi connectivity index (χ4n) is 1.52. The fourth-order valence-corrected chi connectivity index (χ4v) is 2.49. The molecule has 0 bridgehead atoms. The summed E-state index contributed by atoms with van der Waals surface area (Å²) in [4.78, 5) is 11.5. The van der Waals surface area contributed by atoms with E-state index in [0.29, 0.717) is 6.07 Å². The molecule has 19 heavy (non-hydrogen) atoms. The van der Waals surface area contributed by atoms with Crippen molar-refractivity contribution < 1.29 is 17.6 Å². The molecule has 1 N–H and O–H groups in total. The van der Waals surface area contributed by atoms with Crippen LogP contribution in [0.5, 0.6) is 0 Å². The predicted molar refractivity (Wildman–Crippen MR) is 69.6 cm³/mol. The van der Waals surface area contributed by atoms with E-state index in [1.165, 1.54) is 0 Å². The van der Waals surface area contributed by atoms with Crippen LogP contribution >= 0.6 is 22.3 Å². The van der Waals surface area contributed by atoms with Crippen molar-refractivity contribution in [3.8, 4) is 0 Å². The molecule has 0 saturated heterocycles. The standard InChI is InChI=1S/C11H10Cl2FNO3S/c1-11(2-3-11)15-10(16)7-4-6(19(13,17)18)5-8(14)9(7)12/h4-5H,2-3H2,1H3,(H,15,16). The molecule has 1 saturated carbocycles. The monoisotopic (exact) mass is 325 g/mol. The summed E-state index contributed by atoms with van der Waals surface area (Å²) in [5, 5.41) is 2.24. The second kappa shape index (κ2) is 4.61. The number of halogens is 3. The summed E-state index contributed by atoms with van der Waals surface area (Å²) in [7, 11) is 1.00. The third-order valence-electron chi connectivity index (χ3n) is 2.94. The van der Waals surface area contributed by atoms with Crippen LogP contribution in [0.4, 0.5) is 4.39 Å². The lowest BCUT2D eigenvalue weighted by Gasteiger charge is -2.13. The molecule has 1 aromatic rings. The quantitative estimate of drug-likeness (QED) is 0.869. The molecule has 2 rings (SSSR count). The molecule has 0 radical (unpaired) electrons. The summed E-state index contributed by atoms with van der Waals surface area (Å²) in [6, 6.07) is 1.65. The molecular weight excluding hydrogens is 316 g/mol. The van der Waals surface area contributed by atoms with Crippen molar-refractivity contribution in [3.05, 3.63) is 28.5 Å². The minimum absolute atomic E-state index is 0.242.